The lowest BCUT2D eigenvalue weighted by molar-refractivity contribution is -0.134. The van der Waals surface area contributed by atoms with Crippen LogP contribution in [0.1, 0.15) is 11.3 Å². The number of nitrogens with one attached hydrogen (secondary N) is 1. The van der Waals surface area contributed by atoms with E-state index in [2.05, 4.69) is 20.9 Å². The minimum Gasteiger partial charge on any atom is -0.354 e. The maximum absolute atomic E-state index is 12.2. The van der Waals surface area contributed by atoms with Gasteiger partial charge in [-0.1, -0.05) is 18.2 Å². The molecule has 2 aromatic rings. The first-order chi connectivity index (χ1) is 9.02. The third-order valence-electron chi connectivity index (χ3n) is 3.45. The highest BCUT2D eigenvalue weighted by molar-refractivity contribution is 9.12. The number of imide groups is 1. The number of nitrogens with zero attached hydrogens (tertiary/aromatic N) is 1. The molecule has 1 N–H and O–H groups in total. The van der Waals surface area contributed by atoms with E-state index in [1.807, 2.05) is 31.2 Å². The summed E-state index contributed by atoms with van der Waals surface area (Å²) in [6, 6.07) is 7.82. The maximum Gasteiger partial charge on any atom is 0.268 e. The number of rotatable bonds is 1. The number of para-hydroxylation sites is 1. The molecule has 1 aliphatic rings. The average molecular weight is 319 g/mol. The Morgan fingerprint density at radius 3 is 2.42 bits per heavy atom. The molecule has 2 amide bonds. The molecule has 0 fully saturated rings. The van der Waals surface area contributed by atoms with Crippen molar-refractivity contribution in [3.05, 3.63) is 40.0 Å². The van der Waals surface area contributed by atoms with Crippen LogP contribution in [-0.2, 0) is 9.59 Å². The Morgan fingerprint density at radius 1 is 1.16 bits per heavy atom. The number of hydrogen-bond acceptors (Lipinski definition) is 2. The van der Waals surface area contributed by atoms with E-state index in [4.69, 9.17) is 0 Å². The summed E-state index contributed by atoms with van der Waals surface area (Å²) in [6.45, 7) is 1.94. The number of benzene rings is 1. The average Bonchev–Trinajstić information content (AvgIpc) is 2.83. The minimum atomic E-state index is -0.307. The van der Waals surface area contributed by atoms with E-state index in [-0.39, 0.29) is 11.8 Å². The number of carbonyl (C=O) groups is 2. The molecule has 0 radical (unpaired) electrons. The Labute approximate surface area is 118 Å². The predicted molar refractivity (Wildman–Crippen MR) is 76.7 cm³/mol. The number of halogens is 1. The Balaban J connectivity index is 2.29. The second kappa shape index (κ2) is 4.06. The van der Waals surface area contributed by atoms with Gasteiger partial charge in [0.15, 0.2) is 0 Å². The van der Waals surface area contributed by atoms with Crippen LogP contribution in [0.25, 0.3) is 16.5 Å². The number of aromatic amines is 1. The van der Waals surface area contributed by atoms with Crippen LogP contribution in [0.15, 0.2) is 28.7 Å². The maximum atomic E-state index is 12.2. The number of likely N-dealkylation sites (N-methyl/N-ethyl adjacent to an activating group) is 1. The number of hydrogen-bond donors (Lipinski definition) is 1. The molecule has 19 heavy (non-hydrogen) atoms. The SMILES string of the molecule is Cc1c(C2=C(Br)C(=O)N(C)C2=O)[nH]c2ccccc12. The largest absolute Gasteiger partial charge is 0.354 e. The van der Waals surface area contributed by atoms with Crippen molar-refractivity contribution in [2.75, 3.05) is 7.05 Å². The molecule has 0 saturated carbocycles. The van der Waals surface area contributed by atoms with Crippen molar-refractivity contribution < 1.29 is 9.59 Å². The van der Waals surface area contributed by atoms with Gasteiger partial charge in [0, 0.05) is 18.0 Å². The van der Waals surface area contributed by atoms with Crippen molar-refractivity contribution in [1.29, 1.82) is 0 Å². The van der Waals surface area contributed by atoms with Gasteiger partial charge in [0.2, 0.25) is 0 Å². The topological polar surface area (TPSA) is 53.2 Å². The normalized spacial score (nSPS) is 16.1. The Bertz CT molecular complexity index is 758. The van der Waals surface area contributed by atoms with Crippen LogP contribution < -0.4 is 0 Å². The predicted octanol–water partition coefficient (Wildman–Crippen LogP) is 2.58. The lowest BCUT2D eigenvalue weighted by Crippen LogP contribution is -2.26. The fraction of sp³-hybridized carbons (Fsp3) is 0.143. The zero-order chi connectivity index (χ0) is 13.7. The van der Waals surface area contributed by atoms with Crippen LogP contribution in [0.5, 0.6) is 0 Å². The quantitative estimate of drug-likeness (QED) is 0.822. The van der Waals surface area contributed by atoms with Crippen LogP contribution in [0.2, 0.25) is 0 Å². The fourth-order valence-corrected chi connectivity index (χ4v) is 2.99. The van der Waals surface area contributed by atoms with Gasteiger partial charge in [-0.2, -0.15) is 0 Å². The summed E-state index contributed by atoms with van der Waals surface area (Å²) in [7, 11) is 1.48. The molecule has 0 saturated heterocycles. The molecule has 4 nitrogen and oxygen atoms in total. The van der Waals surface area contributed by atoms with Crippen molar-refractivity contribution in [1.82, 2.24) is 9.88 Å². The number of aryl methyl sites for hydroxylation is 1. The smallest absolute Gasteiger partial charge is 0.268 e. The van der Waals surface area contributed by atoms with Gasteiger partial charge < -0.3 is 4.98 Å². The first-order valence-corrected chi connectivity index (χ1v) is 6.61. The molecular weight excluding hydrogens is 308 g/mol. The number of aromatic nitrogens is 1. The van der Waals surface area contributed by atoms with Crippen molar-refractivity contribution in [2.24, 2.45) is 0 Å². The first kappa shape index (κ1) is 12.2. The van der Waals surface area contributed by atoms with Gasteiger partial charge >= 0.3 is 0 Å². The first-order valence-electron chi connectivity index (χ1n) is 5.82. The molecule has 0 unspecified atom stereocenters. The fourth-order valence-electron chi connectivity index (χ4n) is 2.36. The molecule has 96 valence electrons. The number of fused-ring (bicyclic) bond motifs is 1. The van der Waals surface area contributed by atoms with Crippen molar-refractivity contribution >= 4 is 44.2 Å². The second-order valence-corrected chi connectivity index (χ2v) is 5.32. The van der Waals surface area contributed by atoms with Gasteiger partial charge in [0.25, 0.3) is 11.8 Å². The van der Waals surface area contributed by atoms with E-state index >= 15 is 0 Å². The number of amides is 2. The summed E-state index contributed by atoms with van der Waals surface area (Å²) in [5, 5.41) is 1.06. The second-order valence-electron chi connectivity index (χ2n) is 4.53. The third-order valence-corrected chi connectivity index (χ3v) is 4.18. The van der Waals surface area contributed by atoms with E-state index < -0.39 is 0 Å². The van der Waals surface area contributed by atoms with Gasteiger partial charge in [-0.3, -0.25) is 14.5 Å². The summed E-state index contributed by atoms with van der Waals surface area (Å²) < 4.78 is 0.314. The Hall–Kier alpha value is -1.88. The lowest BCUT2D eigenvalue weighted by atomic mass is 10.1. The number of carbonyl (C=O) groups excluding carboxylic acids is 2. The summed E-state index contributed by atoms with van der Waals surface area (Å²) >= 11 is 3.23. The Morgan fingerprint density at radius 2 is 1.84 bits per heavy atom. The van der Waals surface area contributed by atoms with Gasteiger partial charge in [-0.25, -0.2) is 0 Å². The van der Waals surface area contributed by atoms with Crippen LogP contribution in [0.4, 0.5) is 0 Å². The van der Waals surface area contributed by atoms with E-state index in [0.29, 0.717) is 15.7 Å². The minimum absolute atomic E-state index is 0.286. The van der Waals surface area contributed by atoms with E-state index in [9.17, 15) is 9.59 Å². The van der Waals surface area contributed by atoms with Crippen LogP contribution in [-0.4, -0.2) is 28.7 Å². The van der Waals surface area contributed by atoms with Crippen LogP contribution in [0, 0.1) is 6.92 Å². The zero-order valence-corrected chi connectivity index (χ0v) is 12.0. The molecule has 0 spiro atoms. The van der Waals surface area contributed by atoms with Gasteiger partial charge in [-0.15, -0.1) is 0 Å². The van der Waals surface area contributed by atoms with Gasteiger partial charge in [0.05, 0.1) is 15.7 Å². The van der Waals surface area contributed by atoms with Crippen LogP contribution >= 0.6 is 15.9 Å². The number of H-pyrrole nitrogens is 1. The summed E-state index contributed by atoms with van der Waals surface area (Å²) in [5.41, 5.74) is 3.04. The molecule has 1 aliphatic heterocycles. The third kappa shape index (κ3) is 1.58. The molecule has 0 bridgehead atoms. The molecule has 1 aromatic carbocycles. The molecule has 1 aromatic heterocycles. The van der Waals surface area contributed by atoms with Gasteiger partial charge in [0.1, 0.15) is 0 Å². The Kier molecular flexibility index (Phi) is 2.60. The highest BCUT2D eigenvalue weighted by atomic mass is 79.9. The van der Waals surface area contributed by atoms with Crippen molar-refractivity contribution in [3.8, 4) is 0 Å². The van der Waals surface area contributed by atoms with E-state index in [1.165, 1.54) is 7.05 Å². The summed E-state index contributed by atoms with van der Waals surface area (Å²) in [6.07, 6.45) is 0. The molecular formula is C14H11BrN2O2. The van der Waals surface area contributed by atoms with E-state index in [1.54, 1.807) is 0 Å². The highest BCUT2D eigenvalue weighted by Crippen LogP contribution is 2.35. The zero-order valence-electron chi connectivity index (χ0n) is 10.5. The van der Waals surface area contributed by atoms with Crippen molar-refractivity contribution in [2.45, 2.75) is 6.92 Å². The van der Waals surface area contributed by atoms with Gasteiger partial charge in [-0.05, 0) is 34.5 Å². The van der Waals surface area contributed by atoms with E-state index in [0.717, 1.165) is 21.4 Å². The summed E-state index contributed by atoms with van der Waals surface area (Å²) in [4.78, 5) is 28.3. The van der Waals surface area contributed by atoms with Crippen molar-refractivity contribution in [3.63, 3.8) is 0 Å². The highest BCUT2D eigenvalue weighted by Gasteiger charge is 2.36. The molecule has 5 heteroatoms. The molecule has 3 rings (SSSR count). The van der Waals surface area contributed by atoms with Crippen LogP contribution in [0.3, 0.4) is 0 Å². The molecule has 0 aliphatic carbocycles. The molecule has 0 atom stereocenters. The monoisotopic (exact) mass is 318 g/mol. The lowest BCUT2D eigenvalue weighted by Gasteiger charge is -2.06. The molecule has 2 heterocycles. The summed E-state index contributed by atoms with van der Waals surface area (Å²) in [5.74, 6) is -0.593. The standard InChI is InChI=1S/C14H11BrN2O2/c1-7-8-5-3-4-6-9(8)16-12(7)10-11(15)14(19)17(2)13(10)18/h3-6,16H,1-2H3.